The number of nitrogens with one attached hydrogen (secondary N) is 2. The molecule has 1 saturated heterocycles. The Morgan fingerprint density at radius 1 is 1.06 bits per heavy atom. The van der Waals surface area contributed by atoms with Crippen molar-refractivity contribution in [2.45, 2.75) is 6.42 Å². The molecule has 2 aliphatic rings. The highest BCUT2D eigenvalue weighted by Crippen LogP contribution is 2.32. The number of piperazine rings is 1. The first-order valence-corrected chi connectivity index (χ1v) is 11.2. The van der Waals surface area contributed by atoms with Gasteiger partial charge >= 0.3 is 0 Å². The second kappa shape index (κ2) is 8.49. The van der Waals surface area contributed by atoms with Crippen molar-refractivity contribution in [2.24, 2.45) is 0 Å². The zero-order valence-electron chi connectivity index (χ0n) is 17.0. The van der Waals surface area contributed by atoms with Gasteiger partial charge in [0.1, 0.15) is 0 Å². The normalized spacial score (nSPS) is 16.2. The van der Waals surface area contributed by atoms with Crippen molar-refractivity contribution >= 4 is 39.5 Å². The fraction of sp³-hybridized carbons (Fsp3) is 0.261. The number of pyridine rings is 1. The Balaban J connectivity index is 1.33. The standard InChI is InChI=1S/C23H23N5O2S/c29-22(26-18-15-25-9-7-19(18)27-13-10-24-11-14-27)20-5-6-21(31-20)28-12-8-16-3-1-2-4-17(16)23(28)30/h1-7,9,15,24H,8,10-14H2,(H,26,29). The fourth-order valence-electron chi connectivity index (χ4n) is 4.08. The third kappa shape index (κ3) is 3.92. The largest absolute Gasteiger partial charge is 0.367 e. The summed E-state index contributed by atoms with van der Waals surface area (Å²) in [7, 11) is 0. The maximum Gasteiger partial charge on any atom is 0.265 e. The zero-order chi connectivity index (χ0) is 21.2. The Labute approximate surface area is 184 Å². The topological polar surface area (TPSA) is 77.6 Å². The zero-order valence-corrected chi connectivity index (χ0v) is 17.8. The Morgan fingerprint density at radius 3 is 2.77 bits per heavy atom. The number of carbonyl (C=O) groups is 2. The van der Waals surface area contributed by atoms with Crippen molar-refractivity contribution in [2.75, 3.05) is 47.8 Å². The van der Waals surface area contributed by atoms with Gasteiger partial charge in [0.15, 0.2) is 0 Å². The van der Waals surface area contributed by atoms with Crippen molar-refractivity contribution in [3.63, 3.8) is 0 Å². The minimum absolute atomic E-state index is 0.0103. The van der Waals surface area contributed by atoms with Crippen LogP contribution in [0, 0.1) is 0 Å². The SMILES string of the molecule is O=C(Nc1cnccc1N1CCNCC1)c1ccc(N2CCc3ccccc3C2=O)s1. The number of amides is 2. The lowest BCUT2D eigenvalue weighted by molar-refractivity contribution is 0.0980. The molecule has 0 radical (unpaired) electrons. The molecule has 4 heterocycles. The monoisotopic (exact) mass is 433 g/mol. The molecular formula is C23H23N5O2S. The molecule has 2 N–H and O–H groups in total. The number of carbonyl (C=O) groups excluding carboxylic acids is 2. The highest BCUT2D eigenvalue weighted by Gasteiger charge is 2.27. The highest BCUT2D eigenvalue weighted by atomic mass is 32.1. The third-order valence-electron chi connectivity index (χ3n) is 5.68. The summed E-state index contributed by atoms with van der Waals surface area (Å²) < 4.78 is 0. The maximum absolute atomic E-state index is 13.0. The first-order valence-electron chi connectivity index (χ1n) is 10.4. The molecule has 0 bridgehead atoms. The lowest BCUT2D eigenvalue weighted by atomic mass is 9.99. The van der Waals surface area contributed by atoms with E-state index in [1.54, 1.807) is 23.4 Å². The Hall–Kier alpha value is -3.23. The summed E-state index contributed by atoms with van der Waals surface area (Å²) in [4.78, 5) is 34.7. The number of hydrogen-bond donors (Lipinski definition) is 2. The number of rotatable bonds is 4. The first-order chi connectivity index (χ1) is 15.2. The van der Waals surface area contributed by atoms with E-state index in [9.17, 15) is 9.59 Å². The second-order valence-electron chi connectivity index (χ2n) is 7.59. The molecular weight excluding hydrogens is 410 g/mol. The number of benzene rings is 1. The van der Waals surface area contributed by atoms with Gasteiger partial charge in [0, 0.05) is 44.5 Å². The van der Waals surface area contributed by atoms with Crippen molar-refractivity contribution < 1.29 is 9.59 Å². The predicted octanol–water partition coefficient (Wildman–Crippen LogP) is 3.01. The number of fused-ring (bicyclic) bond motifs is 1. The van der Waals surface area contributed by atoms with Crippen molar-refractivity contribution in [1.82, 2.24) is 10.3 Å². The van der Waals surface area contributed by atoms with Crippen LogP contribution in [0.2, 0.25) is 0 Å². The van der Waals surface area contributed by atoms with Gasteiger partial charge in [-0.15, -0.1) is 11.3 Å². The molecule has 1 aromatic carbocycles. The van der Waals surface area contributed by atoms with Gasteiger partial charge in [-0.1, -0.05) is 18.2 Å². The minimum atomic E-state index is -0.189. The molecule has 8 heteroatoms. The molecule has 0 aliphatic carbocycles. The molecule has 2 aromatic heterocycles. The van der Waals surface area contributed by atoms with Gasteiger partial charge in [-0.05, 0) is 36.2 Å². The summed E-state index contributed by atoms with van der Waals surface area (Å²) >= 11 is 1.34. The van der Waals surface area contributed by atoms with Crippen LogP contribution < -0.4 is 20.4 Å². The van der Waals surface area contributed by atoms with Gasteiger partial charge in [0.2, 0.25) is 0 Å². The molecule has 2 aliphatic heterocycles. The number of hydrogen-bond acceptors (Lipinski definition) is 6. The minimum Gasteiger partial charge on any atom is -0.367 e. The summed E-state index contributed by atoms with van der Waals surface area (Å²) in [6.45, 7) is 4.21. The molecule has 158 valence electrons. The number of thiophene rings is 1. The lowest BCUT2D eigenvalue weighted by Gasteiger charge is -2.30. The molecule has 5 rings (SSSR count). The number of aromatic nitrogens is 1. The van der Waals surface area contributed by atoms with E-state index in [0.717, 1.165) is 54.4 Å². The van der Waals surface area contributed by atoms with Crippen LogP contribution in [0.1, 0.15) is 25.6 Å². The van der Waals surface area contributed by atoms with Crippen LogP contribution in [0.4, 0.5) is 16.4 Å². The molecule has 2 amide bonds. The number of anilines is 3. The van der Waals surface area contributed by atoms with E-state index in [1.165, 1.54) is 11.3 Å². The van der Waals surface area contributed by atoms with Crippen LogP contribution in [0.25, 0.3) is 0 Å². The Bertz CT molecular complexity index is 1120. The van der Waals surface area contributed by atoms with Crippen molar-refractivity contribution in [1.29, 1.82) is 0 Å². The highest BCUT2D eigenvalue weighted by molar-refractivity contribution is 7.18. The summed E-state index contributed by atoms with van der Waals surface area (Å²) in [5.41, 5.74) is 3.50. The summed E-state index contributed by atoms with van der Waals surface area (Å²) in [6.07, 6.45) is 4.25. The van der Waals surface area contributed by atoms with E-state index in [-0.39, 0.29) is 11.8 Å². The van der Waals surface area contributed by atoms with Crippen molar-refractivity contribution in [3.05, 3.63) is 70.9 Å². The molecule has 3 aromatic rings. The Kier molecular flexibility index (Phi) is 5.40. The molecule has 31 heavy (non-hydrogen) atoms. The van der Waals surface area contributed by atoms with Crippen LogP contribution in [-0.2, 0) is 6.42 Å². The molecule has 0 spiro atoms. The summed E-state index contributed by atoms with van der Waals surface area (Å²) in [5.74, 6) is -0.200. The van der Waals surface area contributed by atoms with Gasteiger partial charge in [0.25, 0.3) is 11.8 Å². The average Bonchev–Trinajstić information content (AvgIpc) is 3.31. The van der Waals surface area contributed by atoms with Gasteiger partial charge in [0.05, 0.1) is 27.4 Å². The smallest absolute Gasteiger partial charge is 0.265 e. The fourth-order valence-corrected chi connectivity index (χ4v) is 5.01. The van der Waals surface area contributed by atoms with Crippen LogP contribution in [0.3, 0.4) is 0 Å². The summed E-state index contributed by atoms with van der Waals surface area (Å²) in [6, 6.07) is 13.3. The Morgan fingerprint density at radius 2 is 1.90 bits per heavy atom. The maximum atomic E-state index is 13.0. The van der Waals surface area contributed by atoms with E-state index in [1.807, 2.05) is 36.4 Å². The van der Waals surface area contributed by atoms with Crippen molar-refractivity contribution in [3.8, 4) is 0 Å². The summed E-state index contributed by atoms with van der Waals surface area (Å²) in [5, 5.41) is 7.14. The van der Waals surface area contributed by atoms with Crippen LogP contribution in [-0.4, -0.2) is 49.5 Å². The second-order valence-corrected chi connectivity index (χ2v) is 8.65. The van der Waals surface area contributed by atoms with Crippen LogP contribution in [0.5, 0.6) is 0 Å². The third-order valence-corrected chi connectivity index (χ3v) is 6.79. The van der Waals surface area contributed by atoms with E-state index < -0.39 is 0 Å². The van der Waals surface area contributed by atoms with Crippen LogP contribution in [0.15, 0.2) is 54.9 Å². The quantitative estimate of drug-likeness (QED) is 0.661. The number of nitrogens with zero attached hydrogens (tertiary/aromatic N) is 3. The van der Waals surface area contributed by atoms with Crippen LogP contribution >= 0.6 is 11.3 Å². The molecule has 0 atom stereocenters. The van der Waals surface area contributed by atoms with Gasteiger partial charge in [-0.2, -0.15) is 0 Å². The first kappa shape index (κ1) is 19.7. The molecule has 1 fully saturated rings. The average molecular weight is 434 g/mol. The van der Waals surface area contributed by atoms with E-state index in [0.29, 0.717) is 17.1 Å². The van der Waals surface area contributed by atoms with Gasteiger partial charge in [-0.25, -0.2) is 0 Å². The predicted molar refractivity (Wildman–Crippen MR) is 123 cm³/mol. The van der Waals surface area contributed by atoms with E-state index >= 15 is 0 Å². The molecule has 0 saturated carbocycles. The van der Waals surface area contributed by atoms with E-state index in [2.05, 4.69) is 20.5 Å². The molecule has 0 unspecified atom stereocenters. The van der Waals surface area contributed by atoms with Gasteiger partial charge < -0.3 is 15.5 Å². The lowest BCUT2D eigenvalue weighted by Crippen LogP contribution is -2.43. The van der Waals surface area contributed by atoms with Gasteiger partial charge in [-0.3, -0.25) is 19.5 Å². The van der Waals surface area contributed by atoms with E-state index in [4.69, 9.17) is 0 Å². The molecule has 7 nitrogen and oxygen atoms in total.